The molecule has 2 atom stereocenters. The number of rotatable bonds is 4. The van der Waals surface area contributed by atoms with E-state index >= 15 is 0 Å². The molecule has 1 aliphatic carbocycles. The van der Waals surface area contributed by atoms with Gasteiger partial charge in [0.2, 0.25) is 0 Å². The van der Waals surface area contributed by atoms with Gasteiger partial charge >= 0.3 is 0 Å². The zero-order valence-electron chi connectivity index (χ0n) is 13.8. The molecule has 114 valence electrons. The summed E-state index contributed by atoms with van der Waals surface area (Å²) in [6.45, 7) is 12.7. The van der Waals surface area contributed by atoms with E-state index in [-0.39, 0.29) is 5.41 Å². The fourth-order valence-corrected chi connectivity index (χ4v) is 4.33. The first kappa shape index (κ1) is 16.0. The lowest BCUT2D eigenvalue weighted by molar-refractivity contribution is 0.205. The lowest BCUT2D eigenvalue weighted by Crippen LogP contribution is -2.40. The second-order valence-electron chi connectivity index (χ2n) is 7.70. The van der Waals surface area contributed by atoms with Crippen LogP contribution in [0.1, 0.15) is 70.1 Å². The summed E-state index contributed by atoms with van der Waals surface area (Å²) in [5.41, 5.74) is 0.286. The number of thiophene rings is 1. The van der Waals surface area contributed by atoms with E-state index in [0.717, 1.165) is 24.4 Å². The monoisotopic (exact) mass is 293 g/mol. The molecule has 1 N–H and O–H groups in total. The molecular formula is C18H31NS. The zero-order valence-corrected chi connectivity index (χ0v) is 14.6. The third-order valence-electron chi connectivity index (χ3n) is 4.62. The topological polar surface area (TPSA) is 12.0 Å². The average molecular weight is 294 g/mol. The van der Waals surface area contributed by atoms with E-state index in [4.69, 9.17) is 0 Å². The van der Waals surface area contributed by atoms with Crippen LogP contribution in [0.25, 0.3) is 0 Å². The molecule has 2 rings (SSSR count). The molecule has 0 spiro atoms. The van der Waals surface area contributed by atoms with Crippen LogP contribution in [0, 0.1) is 11.8 Å². The minimum Gasteiger partial charge on any atom is -0.309 e. The molecule has 2 unspecified atom stereocenters. The summed E-state index contributed by atoms with van der Waals surface area (Å²) >= 11 is 1.98. The van der Waals surface area contributed by atoms with Gasteiger partial charge in [-0.15, -0.1) is 11.3 Å². The lowest BCUT2D eigenvalue weighted by Gasteiger charge is -2.35. The van der Waals surface area contributed by atoms with Crippen molar-refractivity contribution < 1.29 is 0 Å². The highest BCUT2D eigenvalue weighted by atomic mass is 32.1. The van der Waals surface area contributed by atoms with Crippen molar-refractivity contribution in [2.45, 2.75) is 78.3 Å². The van der Waals surface area contributed by atoms with Crippen molar-refractivity contribution in [3.8, 4) is 0 Å². The summed E-state index contributed by atoms with van der Waals surface area (Å²) in [6, 6.07) is 5.34. The molecule has 1 aromatic rings. The van der Waals surface area contributed by atoms with E-state index in [1.54, 1.807) is 0 Å². The first-order valence-electron chi connectivity index (χ1n) is 8.20. The van der Waals surface area contributed by atoms with Gasteiger partial charge in [-0.25, -0.2) is 0 Å². The van der Waals surface area contributed by atoms with Gasteiger partial charge in [-0.1, -0.05) is 47.5 Å². The normalized spacial score (nSPS) is 24.3. The highest BCUT2D eigenvalue weighted by Crippen LogP contribution is 2.32. The average Bonchev–Trinajstić information content (AvgIpc) is 2.85. The van der Waals surface area contributed by atoms with Crippen molar-refractivity contribution in [1.82, 2.24) is 5.32 Å². The van der Waals surface area contributed by atoms with Crippen molar-refractivity contribution >= 4 is 11.3 Å². The number of hydrogen-bond donors (Lipinski definition) is 1. The summed E-state index contributed by atoms with van der Waals surface area (Å²) in [7, 11) is 0. The van der Waals surface area contributed by atoms with Crippen LogP contribution >= 0.6 is 11.3 Å². The van der Waals surface area contributed by atoms with Crippen molar-refractivity contribution in [1.29, 1.82) is 0 Å². The number of nitrogens with one attached hydrogen (secondary N) is 1. The molecule has 2 heteroatoms. The Balaban J connectivity index is 1.92. The first-order chi connectivity index (χ1) is 9.38. The fraction of sp³-hybridized carbons (Fsp3) is 0.778. The van der Waals surface area contributed by atoms with E-state index in [9.17, 15) is 0 Å². The summed E-state index contributed by atoms with van der Waals surface area (Å²) in [5, 5.41) is 3.84. The Bertz CT molecular complexity index is 413. The molecule has 1 aromatic heterocycles. The van der Waals surface area contributed by atoms with Crippen LogP contribution in [0.3, 0.4) is 0 Å². The van der Waals surface area contributed by atoms with Gasteiger partial charge in [0, 0.05) is 22.3 Å². The Labute approximate surface area is 129 Å². The summed E-state index contributed by atoms with van der Waals surface area (Å²) < 4.78 is 0. The van der Waals surface area contributed by atoms with E-state index < -0.39 is 0 Å². The van der Waals surface area contributed by atoms with Crippen LogP contribution in [0.2, 0.25) is 0 Å². The molecule has 20 heavy (non-hydrogen) atoms. The molecule has 0 bridgehead atoms. The number of hydrogen-bond acceptors (Lipinski definition) is 2. The third-order valence-corrected chi connectivity index (χ3v) is 6.13. The predicted octanol–water partition coefficient (Wildman–Crippen LogP) is 5.35. The minimum absolute atomic E-state index is 0.286. The quantitative estimate of drug-likeness (QED) is 0.789. The Morgan fingerprint density at radius 1 is 1.20 bits per heavy atom. The van der Waals surface area contributed by atoms with Gasteiger partial charge in [0.1, 0.15) is 0 Å². The van der Waals surface area contributed by atoms with Crippen molar-refractivity contribution in [3.63, 3.8) is 0 Å². The van der Waals surface area contributed by atoms with Gasteiger partial charge in [-0.3, -0.25) is 0 Å². The molecular weight excluding hydrogens is 262 g/mol. The molecule has 0 amide bonds. The Kier molecular flexibility index (Phi) is 5.30. The van der Waals surface area contributed by atoms with Crippen LogP contribution in [0.4, 0.5) is 0 Å². The minimum atomic E-state index is 0.286. The lowest BCUT2D eigenvalue weighted by atomic mass is 9.78. The summed E-state index contributed by atoms with van der Waals surface area (Å²) in [6.07, 6.45) is 5.60. The van der Waals surface area contributed by atoms with Crippen LogP contribution in [-0.4, -0.2) is 6.04 Å². The van der Waals surface area contributed by atoms with Gasteiger partial charge in [-0.05, 0) is 42.2 Å². The molecule has 1 heterocycles. The van der Waals surface area contributed by atoms with Crippen molar-refractivity contribution in [3.05, 3.63) is 21.9 Å². The fourth-order valence-electron chi connectivity index (χ4n) is 3.32. The van der Waals surface area contributed by atoms with Crippen LogP contribution in [0.15, 0.2) is 12.1 Å². The smallest absolute Gasteiger partial charge is 0.0302 e. The summed E-state index contributed by atoms with van der Waals surface area (Å²) in [4.78, 5) is 2.99. The Morgan fingerprint density at radius 2 is 1.90 bits per heavy atom. The van der Waals surface area contributed by atoms with Crippen LogP contribution < -0.4 is 5.32 Å². The molecule has 0 saturated heterocycles. The maximum Gasteiger partial charge on any atom is 0.0302 e. The third kappa shape index (κ3) is 4.08. The molecule has 0 aromatic carbocycles. The highest BCUT2D eigenvalue weighted by molar-refractivity contribution is 7.12. The molecule has 1 saturated carbocycles. The van der Waals surface area contributed by atoms with Gasteiger partial charge in [0.25, 0.3) is 0 Å². The van der Waals surface area contributed by atoms with Gasteiger partial charge in [0.05, 0.1) is 0 Å². The highest BCUT2D eigenvalue weighted by Gasteiger charge is 2.27. The van der Waals surface area contributed by atoms with Crippen LogP contribution in [0.5, 0.6) is 0 Å². The van der Waals surface area contributed by atoms with Gasteiger partial charge < -0.3 is 5.32 Å². The molecule has 1 nitrogen and oxygen atoms in total. The van der Waals surface area contributed by atoms with E-state index in [1.807, 2.05) is 11.3 Å². The second-order valence-corrected chi connectivity index (χ2v) is 8.86. The molecule has 0 aliphatic heterocycles. The molecule has 1 fully saturated rings. The van der Waals surface area contributed by atoms with E-state index in [0.29, 0.717) is 0 Å². The van der Waals surface area contributed by atoms with Gasteiger partial charge in [0.15, 0.2) is 0 Å². The molecule has 0 radical (unpaired) electrons. The second kappa shape index (κ2) is 6.62. The Hall–Kier alpha value is -0.340. The first-order valence-corrected chi connectivity index (χ1v) is 9.02. The van der Waals surface area contributed by atoms with E-state index in [2.05, 4.69) is 52.1 Å². The maximum atomic E-state index is 3.84. The maximum absolute atomic E-state index is 3.84. The standard InChI is InChI=1S/C18H31NS/c1-13(2)15-8-6-7-9-16(15)19-12-14-10-11-17(20-14)18(3,4)5/h10-11,13,15-16,19H,6-9,12H2,1-5H3. The Morgan fingerprint density at radius 3 is 2.50 bits per heavy atom. The van der Waals surface area contributed by atoms with Crippen molar-refractivity contribution in [2.24, 2.45) is 11.8 Å². The SMILES string of the molecule is CC(C)C1CCCCC1NCc1ccc(C(C)(C)C)s1. The largest absolute Gasteiger partial charge is 0.309 e. The van der Waals surface area contributed by atoms with Crippen LogP contribution in [-0.2, 0) is 12.0 Å². The predicted molar refractivity (Wildman–Crippen MR) is 90.4 cm³/mol. The summed E-state index contributed by atoms with van der Waals surface area (Å²) in [5.74, 6) is 1.67. The van der Waals surface area contributed by atoms with Gasteiger partial charge in [-0.2, -0.15) is 0 Å². The van der Waals surface area contributed by atoms with Crippen molar-refractivity contribution in [2.75, 3.05) is 0 Å². The van der Waals surface area contributed by atoms with E-state index in [1.165, 1.54) is 35.4 Å². The molecule has 1 aliphatic rings. The zero-order chi connectivity index (χ0) is 14.8.